The number of aromatic nitrogens is 1. The Balaban J connectivity index is 1.82. The number of halogens is 1. The van der Waals surface area contributed by atoms with Crippen LogP contribution in [-0.2, 0) is 6.61 Å². The van der Waals surface area contributed by atoms with Crippen LogP contribution >= 0.6 is 0 Å². The summed E-state index contributed by atoms with van der Waals surface area (Å²) in [5.74, 6) is -0.0158. The molecule has 1 amide bonds. The Morgan fingerprint density at radius 1 is 1.30 bits per heavy atom. The third-order valence-corrected chi connectivity index (χ3v) is 3.20. The minimum Gasteiger partial charge on any atom is -0.497 e. The van der Waals surface area contributed by atoms with Crippen LogP contribution in [0, 0.1) is 5.82 Å². The van der Waals surface area contributed by atoms with Crippen molar-refractivity contribution < 1.29 is 23.1 Å². The van der Waals surface area contributed by atoms with E-state index in [2.05, 4.69) is 4.98 Å². The highest BCUT2D eigenvalue weighted by atomic mass is 19.1. The van der Waals surface area contributed by atoms with Gasteiger partial charge in [0.25, 0.3) is 5.91 Å². The lowest BCUT2D eigenvalue weighted by molar-refractivity contribution is 0.0995. The number of hydrogen-bond acceptors (Lipinski definition) is 5. The molecule has 23 heavy (non-hydrogen) atoms. The number of nitrogens with two attached hydrogens (primary N) is 1. The number of carbonyl (C=O) groups excluding carboxylic acids is 1. The van der Waals surface area contributed by atoms with Gasteiger partial charge in [0.05, 0.1) is 12.7 Å². The van der Waals surface area contributed by atoms with E-state index in [1.807, 2.05) is 0 Å². The van der Waals surface area contributed by atoms with Crippen LogP contribution in [-0.4, -0.2) is 18.0 Å². The maximum Gasteiger partial charge on any atom is 0.252 e. The number of ether oxygens (including phenoxy) is 2. The van der Waals surface area contributed by atoms with Crippen molar-refractivity contribution in [3.8, 4) is 11.5 Å². The molecule has 0 radical (unpaired) electrons. The van der Waals surface area contributed by atoms with Gasteiger partial charge in [0, 0.05) is 6.07 Å². The van der Waals surface area contributed by atoms with Crippen LogP contribution < -0.4 is 15.2 Å². The van der Waals surface area contributed by atoms with Crippen LogP contribution in [0.1, 0.15) is 16.2 Å². The molecule has 3 rings (SSSR count). The van der Waals surface area contributed by atoms with Gasteiger partial charge < -0.3 is 19.6 Å². The molecule has 7 heteroatoms. The lowest BCUT2D eigenvalue weighted by atomic mass is 10.2. The van der Waals surface area contributed by atoms with E-state index in [4.69, 9.17) is 19.6 Å². The van der Waals surface area contributed by atoms with Crippen LogP contribution in [0.2, 0.25) is 0 Å². The second-order valence-electron chi connectivity index (χ2n) is 4.73. The molecule has 0 aliphatic rings. The first-order valence-corrected chi connectivity index (χ1v) is 6.72. The van der Waals surface area contributed by atoms with E-state index in [9.17, 15) is 9.18 Å². The topological polar surface area (TPSA) is 87.6 Å². The first kappa shape index (κ1) is 14.8. The zero-order chi connectivity index (χ0) is 16.4. The molecule has 0 aliphatic carbocycles. The Morgan fingerprint density at radius 2 is 2.13 bits per heavy atom. The molecule has 118 valence electrons. The fourth-order valence-corrected chi connectivity index (χ4v) is 2.10. The molecule has 3 aromatic rings. The fraction of sp³-hybridized carbons (Fsp3) is 0.125. The van der Waals surface area contributed by atoms with Crippen molar-refractivity contribution >= 4 is 17.0 Å². The number of rotatable bonds is 5. The normalized spacial score (nSPS) is 10.7. The monoisotopic (exact) mass is 316 g/mol. The maximum absolute atomic E-state index is 13.1. The molecule has 0 bridgehead atoms. The Bertz CT molecular complexity index is 876. The SMILES string of the molecule is COc1ccc(OCc2nc3ccc(F)cc3o2)c(C(N)=O)c1. The quantitative estimate of drug-likeness (QED) is 0.782. The van der Waals surface area contributed by atoms with Gasteiger partial charge in [0.1, 0.15) is 22.8 Å². The molecule has 0 unspecified atom stereocenters. The second kappa shape index (κ2) is 5.96. The molecule has 0 fully saturated rings. The summed E-state index contributed by atoms with van der Waals surface area (Å²) in [6.45, 7) is -0.0249. The largest absolute Gasteiger partial charge is 0.497 e. The van der Waals surface area contributed by atoms with E-state index >= 15 is 0 Å². The highest BCUT2D eigenvalue weighted by Gasteiger charge is 2.13. The second-order valence-corrected chi connectivity index (χ2v) is 4.73. The predicted octanol–water partition coefficient (Wildman–Crippen LogP) is 2.65. The summed E-state index contributed by atoms with van der Waals surface area (Å²) in [4.78, 5) is 15.7. The van der Waals surface area contributed by atoms with Gasteiger partial charge in [-0.15, -0.1) is 0 Å². The number of benzene rings is 2. The van der Waals surface area contributed by atoms with Crippen LogP contribution in [0.4, 0.5) is 4.39 Å². The highest BCUT2D eigenvalue weighted by molar-refractivity contribution is 5.96. The van der Waals surface area contributed by atoms with Gasteiger partial charge in [0.15, 0.2) is 12.2 Å². The van der Waals surface area contributed by atoms with E-state index in [1.165, 1.54) is 31.4 Å². The molecular weight excluding hydrogens is 303 g/mol. The molecule has 0 saturated carbocycles. The number of methoxy groups -OCH3 is 1. The summed E-state index contributed by atoms with van der Waals surface area (Å²) < 4.78 is 29.1. The zero-order valence-corrected chi connectivity index (χ0v) is 12.2. The van der Waals surface area contributed by atoms with Crippen molar-refractivity contribution in [2.45, 2.75) is 6.61 Å². The Labute approximate surface area is 130 Å². The first-order valence-electron chi connectivity index (χ1n) is 6.72. The van der Waals surface area contributed by atoms with Crippen molar-refractivity contribution in [3.05, 3.63) is 53.7 Å². The molecule has 2 aromatic carbocycles. The van der Waals surface area contributed by atoms with Crippen LogP contribution in [0.3, 0.4) is 0 Å². The van der Waals surface area contributed by atoms with Gasteiger partial charge in [-0.3, -0.25) is 4.79 Å². The molecule has 0 spiro atoms. The minimum absolute atomic E-state index is 0.0249. The molecule has 1 heterocycles. The molecular formula is C16H13FN2O4. The zero-order valence-electron chi connectivity index (χ0n) is 12.2. The van der Waals surface area contributed by atoms with Crippen molar-refractivity contribution in [2.75, 3.05) is 7.11 Å². The average Bonchev–Trinajstić information content (AvgIpc) is 2.94. The first-order chi connectivity index (χ1) is 11.1. The molecule has 1 aromatic heterocycles. The van der Waals surface area contributed by atoms with Crippen molar-refractivity contribution in [2.24, 2.45) is 5.73 Å². The number of fused-ring (bicyclic) bond motifs is 1. The van der Waals surface area contributed by atoms with E-state index < -0.39 is 11.7 Å². The summed E-state index contributed by atoms with van der Waals surface area (Å²) >= 11 is 0. The number of hydrogen-bond donors (Lipinski definition) is 1. The summed E-state index contributed by atoms with van der Waals surface area (Å²) in [6.07, 6.45) is 0. The molecule has 2 N–H and O–H groups in total. The summed E-state index contributed by atoms with van der Waals surface area (Å²) in [5.41, 5.74) is 6.37. The number of amides is 1. The molecule has 0 saturated heterocycles. The highest BCUT2D eigenvalue weighted by Crippen LogP contribution is 2.25. The average molecular weight is 316 g/mol. The van der Waals surface area contributed by atoms with Crippen LogP contribution in [0.25, 0.3) is 11.1 Å². The van der Waals surface area contributed by atoms with Gasteiger partial charge in [-0.1, -0.05) is 0 Å². The van der Waals surface area contributed by atoms with Crippen molar-refractivity contribution in [3.63, 3.8) is 0 Å². The Hall–Kier alpha value is -3.09. The van der Waals surface area contributed by atoms with Gasteiger partial charge in [-0.05, 0) is 30.3 Å². The predicted molar refractivity (Wildman–Crippen MR) is 79.8 cm³/mol. The van der Waals surface area contributed by atoms with Crippen LogP contribution in [0.15, 0.2) is 40.8 Å². The molecule has 6 nitrogen and oxygen atoms in total. The van der Waals surface area contributed by atoms with E-state index in [0.29, 0.717) is 16.8 Å². The van der Waals surface area contributed by atoms with E-state index in [0.717, 1.165) is 0 Å². The summed E-state index contributed by atoms with van der Waals surface area (Å²) in [6, 6.07) is 8.75. The Kier molecular flexibility index (Phi) is 3.84. The fourth-order valence-electron chi connectivity index (χ4n) is 2.10. The van der Waals surface area contributed by atoms with E-state index in [-0.39, 0.29) is 23.8 Å². The summed E-state index contributed by atoms with van der Waals surface area (Å²) in [7, 11) is 1.48. The Morgan fingerprint density at radius 3 is 2.87 bits per heavy atom. The standard InChI is InChI=1S/C16H13FN2O4/c1-21-10-3-5-13(11(7-10)16(18)20)22-8-15-19-12-4-2-9(17)6-14(12)23-15/h2-7H,8H2,1H3,(H2,18,20). The molecule has 0 atom stereocenters. The third-order valence-electron chi connectivity index (χ3n) is 3.20. The van der Waals surface area contributed by atoms with Gasteiger partial charge >= 0.3 is 0 Å². The third kappa shape index (κ3) is 3.08. The maximum atomic E-state index is 13.1. The lowest BCUT2D eigenvalue weighted by Crippen LogP contribution is -2.13. The van der Waals surface area contributed by atoms with Crippen molar-refractivity contribution in [1.82, 2.24) is 4.98 Å². The lowest BCUT2D eigenvalue weighted by Gasteiger charge is -2.09. The van der Waals surface area contributed by atoms with Gasteiger partial charge in [-0.25, -0.2) is 9.37 Å². The number of carbonyl (C=O) groups is 1. The van der Waals surface area contributed by atoms with E-state index in [1.54, 1.807) is 12.1 Å². The number of nitrogens with zero attached hydrogens (tertiary/aromatic N) is 1. The minimum atomic E-state index is -0.640. The van der Waals surface area contributed by atoms with Crippen LogP contribution in [0.5, 0.6) is 11.5 Å². The molecule has 0 aliphatic heterocycles. The van der Waals surface area contributed by atoms with Gasteiger partial charge in [0.2, 0.25) is 5.89 Å². The van der Waals surface area contributed by atoms with Crippen molar-refractivity contribution in [1.29, 1.82) is 0 Å². The number of oxazole rings is 1. The summed E-state index contributed by atoms with van der Waals surface area (Å²) in [5, 5.41) is 0. The number of primary amides is 1. The van der Waals surface area contributed by atoms with Gasteiger partial charge in [-0.2, -0.15) is 0 Å². The smallest absolute Gasteiger partial charge is 0.252 e.